The standard InChI is InChI=1S/C32H30F2N2O2/c33-26-5-3-22(4-6-26)32(38)35-14-11-21(12-15-35)17-31(37)25-2-1-23-18-24-13-16-36(20-30(24)29(23)19-25)28-9-7-27(34)8-10-28/h1-10,19,21H,11-18,20H2. The maximum Gasteiger partial charge on any atom is 0.253 e. The van der Waals surface area contributed by atoms with Gasteiger partial charge in [-0.3, -0.25) is 9.59 Å². The molecule has 38 heavy (non-hydrogen) atoms. The number of Topliss-reactive ketones (excluding diaryl/α,β-unsaturated/α-hetero) is 1. The second-order valence-corrected chi connectivity index (χ2v) is 10.6. The summed E-state index contributed by atoms with van der Waals surface area (Å²) in [6.45, 7) is 2.89. The quantitative estimate of drug-likeness (QED) is 0.376. The number of carbonyl (C=O) groups excluding carboxylic acids is 2. The average Bonchev–Trinajstić information content (AvgIpc) is 3.31. The van der Waals surface area contributed by atoms with Crippen molar-refractivity contribution in [1.29, 1.82) is 0 Å². The molecule has 3 aromatic carbocycles. The predicted molar refractivity (Wildman–Crippen MR) is 144 cm³/mol. The molecule has 2 heterocycles. The van der Waals surface area contributed by atoms with Crippen LogP contribution < -0.4 is 4.90 Å². The van der Waals surface area contributed by atoms with Gasteiger partial charge in [-0.15, -0.1) is 0 Å². The molecule has 0 saturated carbocycles. The average molecular weight is 513 g/mol. The molecule has 0 atom stereocenters. The summed E-state index contributed by atoms with van der Waals surface area (Å²) in [6, 6.07) is 18.5. The second-order valence-electron chi connectivity index (χ2n) is 10.6. The maximum absolute atomic E-state index is 13.4. The van der Waals surface area contributed by atoms with E-state index >= 15 is 0 Å². The van der Waals surface area contributed by atoms with Crippen LogP contribution >= 0.6 is 0 Å². The van der Waals surface area contributed by atoms with Gasteiger partial charge >= 0.3 is 0 Å². The molecular formula is C32H30F2N2O2. The first-order valence-electron chi connectivity index (χ1n) is 13.4. The van der Waals surface area contributed by atoms with Crippen LogP contribution in [-0.2, 0) is 6.42 Å². The van der Waals surface area contributed by atoms with Crippen LogP contribution in [0.25, 0.3) is 5.57 Å². The molecule has 1 fully saturated rings. The lowest BCUT2D eigenvalue weighted by atomic mass is 9.88. The maximum atomic E-state index is 13.4. The fourth-order valence-electron chi connectivity index (χ4n) is 6.06. The van der Waals surface area contributed by atoms with E-state index in [1.54, 1.807) is 4.90 Å². The molecule has 0 bridgehead atoms. The summed E-state index contributed by atoms with van der Waals surface area (Å²) in [5.41, 5.74) is 7.47. The van der Waals surface area contributed by atoms with Crippen molar-refractivity contribution in [1.82, 2.24) is 4.90 Å². The molecule has 1 saturated heterocycles. The third-order valence-corrected chi connectivity index (χ3v) is 8.28. The first kappa shape index (κ1) is 24.5. The molecule has 1 aliphatic carbocycles. The number of anilines is 1. The van der Waals surface area contributed by atoms with E-state index in [0.29, 0.717) is 25.1 Å². The number of ketones is 1. The number of hydrogen-bond donors (Lipinski definition) is 0. The summed E-state index contributed by atoms with van der Waals surface area (Å²) in [4.78, 5) is 30.1. The van der Waals surface area contributed by atoms with Gasteiger partial charge < -0.3 is 9.80 Å². The number of halogens is 2. The summed E-state index contributed by atoms with van der Waals surface area (Å²) >= 11 is 0. The molecule has 6 heteroatoms. The SMILES string of the molecule is O=C(CC1CCN(C(=O)c2ccc(F)cc2)CC1)c1ccc2c(c1)C1=C(CCN(c3ccc(F)cc3)C1)C2. The molecule has 6 rings (SSSR count). The summed E-state index contributed by atoms with van der Waals surface area (Å²) in [5, 5.41) is 0. The highest BCUT2D eigenvalue weighted by Crippen LogP contribution is 2.39. The van der Waals surface area contributed by atoms with E-state index in [9.17, 15) is 18.4 Å². The van der Waals surface area contributed by atoms with Crippen molar-refractivity contribution in [3.8, 4) is 0 Å². The lowest BCUT2D eigenvalue weighted by molar-refractivity contribution is 0.0680. The molecular weight excluding hydrogens is 482 g/mol. The van der Waals surface area contributed by atoms with Gasteiger partial charge in [-0.1, -0.05) is 17.7 Å². The molecule has 0 N–H and O–H groups in total. The van der Waals surface area contributed by atoms with E-state index < -0.39 is 0 Å². The van der Waals surface area contributed by atoms with Gasteiger partial charge in [0.1, 0.15) is 11.6 Å². The number of amides is 1. The fourth-order valence-corrected chi connectivity index (χ4v) is 6.06. The number of carbonyl (C=O) groups is 2. The Kier molecular flexibility index (Phi) is 6.56. The monoisotopic (exact) mass is 512 g/mol. The van der Waals surface area contributed by atoms with E-state index in [1.807, 2.05) is 18.2 Å². The lowest BCUT2D eigenvalue weighted by Crippen LogP contribution is -2.38. The van der Waals surface area contributed by atoms with Crippen LogP contribution in [0.5, 0.6) is 0 Å². The number of fused-ring (bicyclic) bond motifs is 2. The normalized spacial score (nSPS) is 17.4. The smallest absolute Gasteiger partial charge is 0.253 e. The topological polar surface area (TPSA) is 40.6 Å². The zero-order valence-electron chi connectivity index (χ0n) is 21.3. The van der Waals surface area contributed by atoms with E-state index in [1.165, 1.54) is 58.7 Å². The van der Waals surface area contributed by atoms with E-state index in [0.717, 1.165) is 50.0 Å². The Morgan fingerprint density at radius 1 is 0.816 bits per heavy atom. The minimum atomic E-state index is -0.355. The van der Waals surface area contributed by atoms with Crippen LogP contribution in [-0.4, -0.2) is 42.8 Å². The van der Waals surface area contributed by atoms with Crippen LogP contribution in [0.15, 0.2) is 72.3 Å². The van der Waals surface area contributed by atoms with Gasteiger partial charge in [-0.2, -0.15) is 0 Å². The summed E-state index contributed by atoms with van der Waals surface area (Å²) < 4.78 is 26.6. The van der Waals surface area contributed by atoms with Gasteiger partial charge in [0, 0.05) is 49.4 Å². The highest BCUT2D eigenvalue weighted by molar-refractivity contribution is 5.98. The zero-order valence-corrected chi connectivity index (χ0v) is 21.3. The predicted octanol–water partition coefficient (Wildman–Crippen LogP) is 6.31. The van der Waals surface area contributed by atoms with Gasteiger partial charge in [0.2, 0.25) is 0 Å². The van der Waals surface area contributed by atoms with E-state index in [-0.39, 0.29) is 29.2 Å². The summed E-state index contributed by atoms with van der Waals surface area (Å²) in [6.07, 6.45) is 3.96. The van der Waals surface area contributed by atoms with E-state index in [2.05, 4.69) is 17.0 Å². The third-order valence-electron chi connectivity index (χ3n) is 8.28. The Bertz CT molecular complexity index is 1400. The second kappa shape index (κ2) is 10.2. The van der Waals surface area contributed by atoms with Crippen LogP contribution in [0.2, 0.25) is 0 Å². The van der Waals surface area contributed by atoms with Crippen LogP contribution in [0.4, 0.5) is 14.5 Å². The number of rotatable bonds is 5. The molecule has 1 amide bonds. The Morgan fingerprint density at radius 2 is 1.47 bits per heavy atom. The van der Waals surface area contributed by atoms with Crippen molar-refractivity contribution >= 4 is 23.0 Å². The van der Waals surface area contributed by atoms with Crippen LogP contribution in [0, 0.1) is 17.6 Å². The Hall–Kier alpha value is -3.80. The van der Waals surface area contributed by atoms with Crippen LogP contribution in [0.1, 0.15) is 57.5 Å². The number of nitrogens with zero attached hydrogens (tertiary/aromatic N) is 2. The molecule has 3 aliphatic rings. The Labute approximate surface area is 221 Å². The summed E-state index contributed by atoms with van der Waals surface area (Å²) in [7, 11) is 0. The summed E-state index contributed by atoms with van der Waals surface area (Å²) in [5.74, 6) is -0.279. The van der Waals surface area contributed by atoms with Gasteiger partial charge in [-0.25, -0.2) is 8.78 Å². The zero-order chi connectivity index (χ0) is 26.2. The number of piperidine rings is 1. The first-order chi connectivity index (χ1) is 18.4. The van der Waals surface area contributed by atoms with Crippen molar-refractivity contribution in [3.05, 3.63) is 106 Å². The highest BCUT2D eigenvalue weighted by Gasteiger charge is 2.29. The van der Waals surface area contributed by atoms with Crippen molar-refractivity contribution in [2.45, 2.75) is 32.1 Å². The minimum absolute atomic E-state index is 0.0837. The number of hydrogen-bond acceptors (Lipinski definition) is 3. The molecule has 0 spiro atoms. The van der Waals surface area contributed by atoms with E-state index in [4.69, 9.17) is 0 Å². The molecule has 194 valence electrons. The van der Waals surface area contributed by atoms with Gasteiger partial charge in [0.25, 0.3) is 5.91 Å². The van der Waals surface area contributed by atoms with Crippen molar-refractivity contribution < 1.29 is 18.4 Å². The van der Waals surface area contributed by atoms with Crippen LogP contribution in [0.3, 0.4) is 0 Å². The van der Waals surface area contributed by atoms with Gasteiger partial charge in [0.15, 0.2) is 5.78 Å². The molecule has 4 nitrogen and oxygen atoms in total. The molecule has 0 aromatic heterocycles. The Morgan fingerprint density at radius 3 is 2.18 bits per heavy atom. The number of benzene rings is 3. The molecule has 3 aromatic rings. The first-order valence-corrected chi connectivity index (χ1v) is 13.4. The fraction of sp³-hybridized carbons (Fsp3) is 0.312. The van der Waals surface area contributed by atoms with Crippen molar-refractivity contribution in [3.63, 3.8) is 0 Å². The van der Waals surface area contributed by atoms with Gasteiger partial charge in [-0.05, 0) is 103 Å². The van der Waals surface area contributed by atoms with Crippen molar-refractivity contribution in [2.24, 2.45) is 5.92 Å². The third kappa shape index (κ3) is 4.87. The molecule has 0 radical (unpaired) electrons. The minimum Gasteiger partial charge on any atom is -0.367 e. The largest absolute Gasteiger partial charge is 0.367 e. The highest BCUT2D eigenvalue weighted by atomic mass is 19.1. The van der Waals surface area contributed by atoms with Gasteiger partial charge in [0.05, 0.1) is 0 Å². The molecule has 0 unspecified atom stereocenters. The molecule has 2 aliphatic heterocycles. The Balaban J connectivity index is 1.09. The van der Waals surface area contributed by atoms with Crippen molar-refractivity contribution in [2.75, 3.05) is 31.1 Å². The lowest BCUT2D eigenvalue weighted by Gasteiger charge is -2.32. The number of likely N-dealkylation sites (tertiary alicyclic amines) is 1.